The molecule has 0 saturated carbocycles. The molecule has 0 saturated heterocycles. The van der Waals surface area contributed by atoms with E-state index in [0.29, 0.717) is 25.1 Å². The van der Waals surface area contributed by atoms with Crippen molar-refractivity contribution in [1.29, 1.82) is 0 Å². The molecule has 1 rings (SSSR count). The SMILES string of the molecule is O=C(O)CCCCCONC(=O)Nc1ccccc1. The van der Waals surface area contributed by atoms with E-state index >= 15 is 0 Å². The lowest BCUT2D eigenvalue weighted by Crippen LogP contribution is -2.29. The molecule has 6 nitrogen and oxygen atoms in total. The molecule has 0 atom stereocenters. The third-order valence-electron chi connectivity index (χ3n) is 2.33. The molecule has 2 amide bonds. The van der Waals surface area contributed by atoms with Crippen LogP contribution < -0.4 is 10.8 Å². The number of amides is 2. The summed E-state index contributed by atoms with van der Waals surface area (Å²) >= 11 is 0. The van der Waals surface area contributed by atoms with E-state index < -0.39 is 12.0 Å². The number of nitrogens with one attached hydrogen (secondary N) is 2. The number of anilines is 1. The fraction of sp³-hybridized carbons (Fsp3) is 0.385. The second kappa shape index (κ2) is 8.93. The molecule has 0 heterocycles. The minimum Gasteiger partial charge on any atom is -0.481 e. The summed E-state index contributed by atoms with van der Waals surface area (Å²) in [5, 5.41) is 11.0. The van der Waals surface area contributed by atoms with Crippen molar-refractivity contribution in [2.75, 3.05) is 11.9 Å². The number of carboxylic acids is 1. The maximum Gasteiger partial charge on any atom is 0.343 e. The van der Waals surface area contributed by atoms with Gasteiger partial charge in [0.2, 0.25) is 0 Å². The molecule has 104 valence electrons. The van der Waals surface area contributed by atoms with E-state index in [1.165, 1.54) is 0 Å². The van der Waals surface area contributed by atoms with Gasteiger partial charge in [0.05, 0.1) is 6.61 Å². The van der Waals surface area contributed by atoms with E-state index in [4.69, 9.17) is 9.94 Å². The molecule has 0 fully saturated rings. The van der Waals surface area contributed by atoms with Crippen molar-refractivity contribution in [1.82, 2.24) is 5.48 Å². The van der Waals surface area contributed by atoms with Gasteiger partial charge in [0.1, 0.15) is 0 Å². The lowest BCUT2D eigenvalue weighted by Gasteiger charge is -2.07. The van der Waals surface area contributed by atoms with E-state index in [2.05, 4.69) is 10.8 Å². The quantitative estimate of drug-likeness (QED) is 0.498. The fourth-order valence-corrected chi connectivity index (χ4v) is 1.42. The van der Waals surface area contributed by atoms with Gasteiger partial charge in [-0.15, -0.1) is 0 Å². The summed E-state index contributed by atoms with van der Waals surface area (Å²) in [6, 6.07) is 8.60. The predicted molar refractivity (Wildman–Crippen MR) is 70.7 cm³/mol. The zero-order valence-corrected chi connectivity index (χ0v) is 10.6. The highest BCUT2D eigenvalue weighted by Crippen LogP contribution is 2.04. The Morgan fingerprint density at radius 1 is 1.11 bits per heavy atom. The van der Waals surface area contributed by atoms with E-state index in [1.54, 1.807) is 12.1 Å². The largest absolute Gasteiger partial charge is 0.481 e. The zero-order chi connectivity index (χ0) is 13.9. The average Bonchev–Trinajstić information content (AvgIpc) is 2.38. The summed E-state index contributed by atoms with van der Waals surface area (Å²) in [6.45, 7) is 0.363. The lowest BCUT2D eigenvalue weighted by molar-refractivity contribution is -0.137. The highest BCUT2D eigenvalue weighted by Gasteiger charge is 2.00. The second-order valence-corrected chi connectivity index (χ2v) is 3.98. The number of carbonyl (C=O) groups excluding carboxylic acids is 1. The van der Waals surface area contributed by atoms with Crippen LogP contribution in [0, 0.1) is 0 Å². The third kappa shape index (κ3) is 7.77. The van der Waals surface area contributed by atoms with Gasteiger partial charge in [-0.2, -0.15) is 0 Å². The number of urea groups is 1. The van der Waals surface area contributed by atoms with Gasteiger partial charge in [-0.05, 0) is 25.0 Å². The van der Waals surface area contributed by atoms with E-state index in [9.17, 15) is 9.59 Å². The van der Waals surface area contributed by atoms with Crippen LogP contribution in [0.1, 0.15) is 25.7 Å². The summed E-state index contributed by atoms with van der Waals surface area (Å²) in [5.74, 6) is -0.790. The number of unbranched alkanes of at least 4 members (excludes halogenated alkanes) is 2. The zero-order valence-electron chi connectivity index (χ0n) is 10.6. The van der Waals surface area contributed by atoms with Crippen LogP contribution in [0.5, 0.6) is 0 Å². The number of hydrogen-bond acceptors (Lipinski definition) is 3. The van der Waals surface area contributed by atoms with E-state index in [0.717, 1.165) is 6.42 Å². The Morgan fingerprint density at radius 2 is 1.84 bits per heavy atom. The van der Waals surface area contributed by atoms with Gasteiger partial charge in [0.15, 0.2) is 0 Å². The first-order valence-corrected chi connectivity index (χ1v) is 6.14. The Bertz CT molecular complexity index is 395. The van der Waals surface area contributed by atoms with Gasteiger partial charge in [-0.1, -0.05) is 24.6 Å². The van der Waals surface area contributed by atoms with Crippen molar-refractivity contribution in [2.45, 2.75) is 25.7 Å². The highest BCUT2D eigenvalue weighted by atomic mass is 16.7. The van der Waals surface area contributed by atoms with Gasteiger partial charge < -0.3 is 10.4 Å². The Morgan fingerprint density at radius 3 is 2.53 bits per heavy atom. The molecular formula is C13H18N2O4. The van der Waals surface area contributed by atoms with Crippen molar-refractivity contribution in [3.05, 3.63) is 30.3 Å². The number of aliphatic carboxylic acids is 1. The van der Waals surface area contributed by atoms with Crippen molar-refractivity contribution < 1.29 is 19.5 Å². The molecule has 0 aliphatic heterocycles. The first-order chi connectivity index (χ1) is 9.18. The molecule has 0 bridgehead atoms. The van der Waals surface area contributed by atoms with Crippen molar-refractivity contribution in [3.8, 4) is 0 Å². The van der Waals surface area contributed by atoms with Crippen LogP contribution in [0.15, 0.2) is 30.3 Å². The first kappa shape index (κ1) is 15.0. The maximum atomic E-state index is 11.4. The Kier molecular flexibility index (Phi) is 7.04. The summed E-state index contributed by atoms with van der Waals surface area (Å²) in [7, 11) is 0. The molecule has 3 N–H and O–H groups in total. The van der Waals surface area contributed by atoms with Gasteiger partial charge >= 0.3 is 12.0 Å². The van der Waals surface area contributed by atoms with Gasteiger partial charge in [-0.25, -0.2) is 10.3 Å². The van der Waals surface area contributed by atoms with Crippen LogP contribution in [0.25, 0.3) is 0 Å². The third-order valence-corrected chi connectivity index (χ3v) is 2.33. The van der Waals surface area contributed by atoms with Crippen LogP contribution in [0.2, 0.25) is 0 Å². The summed E-state index contributed by atoms with van der Waals surface area (Å²) in [5.41, 5.74) is 2.95. The van der Waals surface area contributed by atoms with Crippen molar-refractivity contribution in [3.63, 3.8) is 0 Å². The maximum absolute atomic E-state index is 11.4. The molecule has 0 aliphatic rings. The van der Waals surface area contributed by atoms with Crippen LogP contribution in [-0.4, -0.2) is 23.7 Å². The molecule has 1 aromatic rings. The van der Waals surface area contributed by atoms with Crippen molar-refractivity contribution in [2.24, 2.45) is 0 Å². The topological polar surface area (TPSA) is 87.7 Å². The number of hydroxylamine groups is 1. The molecule has 0 aliphatic carbocycles. The Balaban J connectivity index is 2.00. The monoisotopic (exact) mass is 266 g/mol. The molecular weight excluding hydrogens is 248 g/mol. The first-order valence-electron chi connectivity index (χ1n) is 6.14. The molecule has 1 aromatic carbocycles. The molecule has 0 spiro atoms. The summed E-state index contributed by atoms with van der Waals surface area (Å²) in [4.78, 5) is 26.6. The number of carboxylic acid groups (broad SMARTS) is 1. The molecule has 6 heteroatoms. The predicted octanol–water partition coefficient (Wildman–Crippen LogP) is 2.38. The Hall–Kier alpha value is -2.08. The van der Waals surface area contributed by atoms with E-state index in [1.807, 2.05) is 18.2 Å². The van der Waals surface area contributed by atoms with E-state index in [-0.39, 0.29) is 6.42 Å². The number of rotatable bonds is 8. The van der Waals surface area contributed by atoms with Crippen LogP contribution >= 0.6 is 0 Å². The smallest absolute Gasteiger partial charge is 0.343 e. The van der Waals surface area contributed by atoms with Crippen molar-refractivity contribution >= 4 is 17.7 Å². The minimum atomic E-state index is -0.790. The average molecular weight is 266 g/mol. The molecule has 0 aromatic heterocycles. The van der Waals surface area contributed by atoms with Crippen LogP contribution in [0.4, 0.5) is 10.5 Å². The highest BCUT2D eigenvalue weighted by molar-refractivity contribution is 5.88. The standard InChI is InChI=1S/C13H18N2O4/c16-12(17)9-5-2-6-10-19-15-13(18)14-11-7-3-1-4-8-11/h1,3-4,7-8H,2,5-6,9-10H2,(H,16,17)(H2,14,15,18). The normalized spacial score (nSPS) is 9.89. The van der Waals surface area contributed by atoms with Gasteiger partial charge in [0, 0.05) is 12.1 Å². The van der Waals surface area contributed by atoms with Crippen LogP contribution in [0.3, 0.4) is 0 Å². The van der Waals surface area contributed by atoms with Gasteiger partial charge in [0.25, 0.3) is 0 Å². The Labute approximate surface area is 111 Å². The number of hydrogen-bond donors (Lipinski definition) is 3. The molecule has 19 heavy (non-hydrogen) atoms. The number of carbonyl (C=O) groups is 2. The summed E-state index contributed by atoms with van der Waals surface area (Å²) in [6.07, 6.45) is 2.25. The minimum absolute atomic E-state index is 0.169. The second-order valence-electron chi connectivity index (χ2n) is 3.98. The lowest BCUT2D eigenvalue weighted by atomic mass is 10.2. The number of benzene rings is 1. The molecule has 0 radical (unpaired) electrons. The van der Waals surface area contributed by atoms with Gasteiger partial charge in [-0.3, -0.25) is 9.63 Å². The summed E-state index contributed by atoms with van der Waals surface area (Å²) < 4.78 is 0. The number of para-hydroxylation sites is 1. The fourth-order valence-electron chi connectivity index (χ4n) is 1.42. The van der Waals surface area contributed by atoms with Crippen LogP contribution in [-0.2, 0) is 9.63 Å². The molecule has 0 unspecified atom stereocenters.